The molecule has 2 aromatic rings. The molecule has 2 aliphatic rings. The summed E-state index contributed by atoms with van der Waals surface area (Å²) in [6, 6.07) is 14.4. The van der Waals surface area contributed by atoms with Crippen molar-refractivity contribution in [2.75, 3.05) is 27.2 Å². The maximum atomic E-state index is 14.9. The Hall–Kier alpha value is -2.53. The average molecular weight is 410 g/mol. The molecular formula is C25H32FN3O. The summed E-state index contributed by atoms with van der Waals surface area (Å²) in [5.74, 6) is 2.39. The maximum absolute atomic E-state index is 14.9. The minimum Gasteiger partial charge on any atom is -0.493 e. The van der Waals surface area contributed by atoms with Crippen LogP contribution in [0.3, 0.4) is 0 Å². The third-order valence-electron chi connectivity index (χ3n) is 5.92. The summed E-state index contributed by atoms with van der Waals surface area (Å²) in [6.07, 6.45) is 1.54. The second-order valence-electron chi connectivity index (χ2n) is 8.76. The molecule has 1 atom stereocenters. The van der Waals surface area contributed by atoms with Crippen LogP contribution in [0, 0.1) is 5.92 Å². The van der Waals surface area contributed by atoms with Crippen LogP contribution >= 0.6 is 0 Å². The first kappa shape index (κ1) is 20.7. The lowest BCUT2D eigenvalue weighted by atomic mass is 9.97. The molecule has 0 amide bonds. The summed E-state index contributed by atoms with van der Waals surface area (Å²) in [6.45, 7) is 7.42. The number of benzene rings is 2. The van der Waals surface area contributed by atoms with Gasteiger partial charge in [0, 0.05) is 40.3 Å². The topological polar surface area (TPSA) is 27.7 Å². The van der Waals surface area contributed by atoms with Crippen molar-refractivity contribution >= 4 is 0 Å². The molecule has 1 heterocycles. The van der Waals surface area contributed by atoms with Crippen LogP contribution in [0.25, 0.3) is 0 Å². The van der Waals surface area contributed by atoms with E-state index in [0.29, 0.717) is 12.5 Å². The molecule has 1 unspecified atom stereocenters. The molecule has 1 N–H and O–H groups in total. The fraction of sp³-hybridized carbons (Fsp3) is 0.440. The van der Waals surface area contributed by atoms with E-state index in [0.717, 1.165) is 48.9 Å². The molecule has 4 rings (SSSR count). The molecule has 1 fully saturated rings. The van der Waals surface area contributed by atoms with Crippen molar-refractivity contribution < 1.29 is 9.13 Å². The van der Waals surface area contributed by atoms with E-state index in [4.69, 9.17) is 4.74 Å². The molecule has 0 bridgehead atoms. The molecule has 30 heavy (non-hydrogen) atoms. The van der Waals surface area contributed by atoms with Crippen LogP contribution in [0.1, 0.15) is 41.3 Å². The largest absolute Gasteiger partial charge is 0.493 e. The number of nitrogens with one attached hydrogen (secondary N) is 1. The zero-order chi connectivity index (χ0) is 21.1. The first-order valence-corrected chi connectivity index (χ1v) is 10.8. The van der Waals surface area contributed by atoms with Crippen LogP contribution in [-0.4, -0.2) is 37.0 Å². The maximum Gasteiger partial charge on any atom is 0.138 e. The lowest BCUT2D eigenvalue weighted by Crippen LogP contribution is -2.31. The fourth-order valence-electron chi connectivity index (χ4n) is 3.73. The van der Waals surface area contributed by atoms with Crippen molar-refractivity contribution in [2.24, 2.45) is 5.92 Å². The van der Waals surface area contributed by atoms with E-state index in [2.05, 4.69) is 41.1 Å². The number of ether oxygens (including phenoxy) is 1. The van der Waals surface area contributed by atoms with Crippen molar-refractivity contribution in [3.05, 3.63) is 77.1 Å². The van der Waals surface area contributed by atoms with Crippen molar-refractivity contribution in [1.29, 1.82) is 0 Å². The van der Waals surface area contributed by atoms with Gasteiger partial charge in [-0.15, -0.1) is 0 Å². The normalized spacial score (nSPS) is 18.6. The summed E-state index contributed by atoms with van der Waals surface area (Å²) < 4.78 is 20.7. The SMILES string of the molecule is C=C(NCc1ccc(CN2Cc3ccc(OCC4CC4)cc3C(F)C2)cc1)N(C)C. The first-order chi connectivity index (χ1) is 14.5. The molecule has 160 valence electrons. The summed E-state index contributed by atoms with van der Waals surface area (Å²) >= 11 is 0. The molecule has 1 aliphatic carbocycles. The lowest BCUT2D eigenvalue weighted by Gasteiger charge is -2.31. The third-order valence-corrected chi connectivity index (χ3v) is 5.92. The van der Waals surface area contributed by atoms with Crippen molar-refractivity contribution in [1.82, 2.24) is 15.1 Å². The quantitative estimate of drug-likeness (QED) is 0.654. The van der Waals surface area contributed by atoms with E-state index in [1.54, 1.807) is 0 Å². The van der Waals surface area contributed by atoms with E-state index < -0.39 is 6.17 Å². The Morgan fingerprint density at radius 2 is 1.90 bits per heavy atom. The number of hydrogen-bond donors (Lipinski definition) is 1. The second kappa shape index (κ2) is 9.09. The summed E-state index contributed by atoms with van der Waals surface area (Å²) in [7, 11) is 3.94. The van der Waals surface area contributed by atoms with Gasteiger partial charge in [-0.2, -0.15) is 0 Å². The first-order valence-electron chi connectivity index (χ1n) is 10.8. The van der Waals surface area contributed by atoms with E-state index in [1.807, 2.05) is 37.2 Å². The predicted molar refractivity (Wildman–Crippen MR) is 119 cm³/mol. The predicted octanol–water partition coefficient (Wildman–Crippen LogP) is 4.62. The minimum absolute atomic E-state index is 0.422. The van der Waals surface area contributed by atoms with Crippen LogP contribution in [0.4, 0.5) is 4.39 Å². The van der Waals surface area contributed by atoms with E-state index >= 15 is 0 Å². The average Bonchev–Trinajstić information content (AvgIpc) is 3.56. The van der Waals surface area contributed by atoms with Gasteiger partial charge in [0.1, 0.15) is 11.9 Å². The van der Waals surface area contributed by atoms with Gasteiger partial charge in [-0.05, 0) is 53.1 Å². The Morgan fingerprint density at radius 1 is 1.17 bits per heavy atom. The van der Waals surface area contributed by atoms with Gasteiger partial charge in [0.15, 0.2) is 0 Å². The highest BCUT2D eigenvalue weighted by atomic mass is 19.1. The smallest absolute Gasteiger partial charge is 0.138 e. The zero-order valence-corrected chi connectivity index (χ0v) is 18.0. The summed E-state index contributed by atoms with van der Waals surface area (Å²) in [5.41, 5.74) is 4.26. The van der Waals surface area contributed by atoms with Gasteiger partial charge < -0.3 is 15.0 Å². The van der Waals surface area contributed by atoms with Crippen molar-refractivity contribution in [2.45, 2.75) is 38.6 Å². The van der Waals surface area contributed by atoms with Gasteiger partial charge in [-0.25, -0.2) is 4.39 Å². The second-order valence-corrected chi connectivity index (χ2v) is 8.76. The molecule has 0 saturated heterocycles. The molecule has 2 aromatic carbocycles. The van der Waals surface area contributed by atoms with E-state index in [1.165, 1.54) is 24.0 Å². The van der Waals surface area contributed by atoms with E-state index in [9.17, 15) is 4.39 Å². The molecule has 0 radical (unpaired) electrons. The standard InChI is InChI=1S/C25H32FN3O/c1-18(28(2)3)27-13-19-4-6-20(7-5-19)14-29-15-22-10-11-23(30-17-21-8-9-21)12-24(22)25(26)16-29/h4-7,10-12,21,25,27H,1,8-9,13-17H2,2-3H3. The number of rotatable bonds is 9. The molecule has 4 nitrogen and oxygen atoms in total. The Labute approximate surface area is 179 Å². The molecule has 5 heteroatoms. The number of fused-ring (bicyclic) bond motifs is 1. The van der Waals surface area contributed by atoms with Crippen LogP contribution < -0.4 is 10.1 Å². The number of alkyl halides is 1. The number of hydrogen-bond acceptors (Lipinski definition) is 4. The zero-order valence-electron chi connectivity index (χ0n) is 18.0. The highest BCUT2D eigenvalue weighted by Crippen LogP contribution is 2.34. The Kier molecular flexibility index (Phi) is 6.28. The summed E-state index contributed by atoms with van der Waals surface area (Å²) in [5, 5.41) is 3.30. The van der Waals surface area contributed by atoms with Gasteiger partial charge in [0.2, 0.25) is 0 Å². The van der Waals surface area contributed by atoms with Crippen LogP contribution in [0.2, 0.25) is 0 Å². The van der Waals surface area contributed by atoms with Crippen molar-refractivity contribution in [3.63, 3.8) is 0 Å². The van der Waals surface area contributed by atoms with Crippen LogP contribution in [0.5, 0.6) is 5.75 Å². The highest BCUT2D eigenvalue weighted by Gasteiger charge is 2.26. The third kappa shape index (κ3) is 5.33. The monoisotopic (exact) mass is 409 g/mol. The molecular weight excluding hydrogens is 377 g/mol. The number of halogens is 1. The van der Waals surface area contributed by atoms with Crippen LogP contribution in [-0.2, 0) is 19.6 Å². The Morgan fingerprint density at radius 3 is 2.60 bits per heavy atom. The lowest BCUT2D eigenvalue weighted by molar-refractivity contribution is 0.158. The fourth-order valence-corrected chi connectivity index (χ4v) is 3.73. The van der Waals surface area contributed by atoms with Gasteiger partial charge in [-0.3, -0.25) is 4.90 Å². The van der Waals surface area contributed by atoms with Crippen LogP contribution in [0.15, 0.2) is 54.9 Å². The summed E-state index contributed by atoms with van der Waals surface area (Å²) in [4.78, 5) is 4.14. The van der Waals surface area contributed by atoms with Gasteiger partial charge in [-0.1, -0.05) is 36.9 Å². The van der Waals surface area contributed by atoms with Gasteiger partial charge in [0.25, 0.3) is 0 Å². The molecule has 1 aliphatic heterocycles. The van der Waals surface area contributed by atoms with E-state index in [-0.39, 0.29) is 0 Å². The van der Waals surface area contributed by atoms with Gasteiger partial charge >= 0.3 is 0 Å². The molecule has 1 saturated carbocycles. The molecule has 0 spiro atoms. The minimum atomic E-state index is -0.973. The Balaban J connectivity index is 1.33. The van der Waals surface area contributed by atoms with Gasteiger partial charge in [0.05, 0.1) is 12.4 Å². The highest BCUT2D eigenvalue weighted by molar-refractivity contribution is 5.39. The number of nitrogens with zero attached hydrogens (tertiary/aromatic N) is 2. The Bertz CT molecular complexity index is 876. The molecule has 0 aromatic heterocycles. The van der Waals surface area contributed by atoms with Crippen molar-refractivity contribution in [3.8, 4) is 5.75 Å².